The molecular weight excluding hydrogens is 357 g/mol. The van der Waals surface area contributed by atoms with Gasteiger partial charge in [-0.2, -0.15) is 0 Å². The van der Waals surface area contributed by atoms with Gasteiger partial charge in [0, 0.05) is 6.54 Å². The van der Waals surface area contributed by atoms with E-state index < -0.39 is 0 Å². The Kier molecular flexibility index (Phi) is 6.75. The molecule has 2 heterocycles. The second-order valence-corrected chi connectivity index (χ2v) is 7.42. The lowest BCUT2D eigenvalue weighted by Crippen LogP contribution is -3.15. The van der Waals surface area contributed by atoms with E-state index in [0.29, 0.717) is 17.7 Å². The molecule has 2 aromatic rings. The van der Waals surface area contributed by atoms with Crippen LogP contribution in [-0.4, -0.2) is 38.0 Å². The van der Waals surface area contributed by atoms with Gasteiger partial charge in [0.15, 0.2) is 5.11 Å². The number of hydrogen-bond donors (Lipinski definition) is 3. The number of hydrogen-bond acceptors (Lipinski definition) is 3. The molecule has 0 aliphatic carbocycles. The van der Waals surface area contributed by atoms with Crippen LogP contribution in [0.15, 0.2) is 41.8 Å². The minimum Gasteiger partial charge on any atom is -0.370 e. The monoisotopic (exact) mass is 380 g/mol. The Morgan fingerprint density at radius 2 is 1.96 bits per heavy atom. The van der Waals surface area contributed by atoms with Gasteiger partial charge in [-0.15, -0.1) is 11.3 Å². The van der Waals surface area contributed by atoms with Crippen molar-refractivity contribution in [2.45, 2.75) is 12.6 Å². The van der Waals surface area contributed by atoms with Crippen LogP contribution in [0, 0.1) is 5.82 Å². The molecule has 0 radical (unpaired) electrons. The standard InChI is InChI=1S/C18H22FN3OS2/c19-15-5-3-14(4-6-15)12-20-18(24)21-13-16(17-2-1-11-25-17)22-7-9-23-10-8-22/h1-6,11,16H,7-10,12-13H2,(H2,20,21,24)/p+1/t16-/m1/s1. The van der Waals surface area contributed by atoms with Crippen LogP contribution in [0.1, 0.15) is 16.5 Å². The van der Waals surface area contributed by atoms with Crippen molar-refractivity contribution in [2.75, 3.05) is 32.8 Å². The summed E-state index contributed by atoms with van der Waals surface area (Å²) in [4.78, 5) is 2.90. The fourth-order valence-corrected chi connectivity index (χ4v) is 4.00. The Morgan fingerprint density at radius 3 is 2.64 bits per heavy atom. The van der Waals surface area contributed by atoms with E-state index in [0.717, 1.165) is 38.4 Å². The molecule has 1 aromatic carbocycles. The lowest BCUT2D eigenvalue weighted by Gasteiger charge is -2.31. The van der Waals surface area contributed by atoms with E-state index in [4.69, 9.17) is 17.0 Å². The normalized spacial score (nSPS) is 16.4. The maximum atomic E-state index is 12.9. The Hall–Kier alpha value is -1.54. The molecule has 7 heteroatoms. The van der Waals surface area contributed by atoms with Gasteiger partial charge in [-0.1, -0.05) is 18.2 Å². The maximum Gasteiger partial charge on any atom is 0.166 e. The van der Waals surface area contributed by atoms with E-state index in [1.54, 1.807) is 23.5 Å². The molecule has 1 aromatic heterocycles. The smallest absolute Gasteiger partial charge is 0.166 e. The summed E-state index contributed by atoms with van der Waals surface area (Å²) in [6.45, 7) is 5.01. The molecule has 0 spiro atoms. The topological polar surface area (TPSA) is 37.7 Å². The molecule has 1 saturated heterocycles. The summed E-state index contributed by atoms with van der Waals surface area (Å²) in [5.41, 5.74) is 0.999. The molecule has 0 bridgehead atoms. The van der Waals surface area contributed by atoms with E-state index in [1.165, 1.54) is 21.9 Å². The molecule has 3 rings (SSSR count). The number of halogens is 1. The number of morpholine rings is 1. The van der Waals surface area contributed by atoms with Crippen molar-refractivity contribution in [2.24, 2.45) is 0 Å². The minimum atomic E-state index is -0.225. The first-order valence-electron chi connectivity index (χ1n) is 8.44. The van der Waals surface area contributed by atoms with Crippen LogP contribution in [0.25, 0.3) is 0 Å². The molecule has 1 aliphatic rings. The van der Waals surface area contributed by atoms with E-state index >= 15 is 0 Å². The van der Waals surface area contributed by atoms with Gasteiger partial charge >= 0.3 is 0 Å². The highest BCUT2D eigenvalue weighted by atomic mass is 32.1. The molecule has 4 nitrogen and oxygen atoms in total. The van der Waals surface area contributed by atoms with Crippen molar-refractivity contribution in [3.63, 3.8) is 0 Å². The number of quaternary nitrogens is 1. The predicted octanol–water partition coefficient (Wildman–Crippen LogP) is 1.51. The zero-order valence-corrected chi connectivity index (χ0v) is 15.6. The number of rotatable bonds is 6. The summed E-state index contributed by atoms with van der Waals surface area (Å²) in [7, 11) is 0. The predicted molar refractivity (Wildman–Crippen MR) is 102 cm³/mol. The van der Waals surface area contributed by atoms with Crippen LogP contribution in [0.5, 0.6) is 0 Å². The van der Waals surface area contributed by atoms with E-state index in [1.807, 2.05) is 0 Å². The fourth-order valence-electron chi connectivity index (χ4n) is 2.96. The zero-order valence-electron chi connectivity index (χ0n) is 14.0. The van der Waals surface area contributed by atoms with Crippen molar-refractivity contribution in [1.29, 1.82) is 0 Å². The second kappa shape index (κ2) is 9.24. The molecule has 1 atom stereocenters. The quantitative estimate of drug-likeness (QED) is 0.664. The lowest BCUT2D eigenvalue weighted by molar-refractivity contribution is -0.937. The first kappa shape index (κ1) is 18.3. The van der Waals surface area contributed by atoms with Crippen LogP contribution in [-0.2, 0) is 11.3 Å². The summed E-state index contributed by atoms with van der Waals surface area (Å²) in [5.74, 6) is -0.225. The summed E-state index contributed by atoms with van der Waals surface area (Å²) in [6.07, 6.45) is 0. The van der Waals surface area contributed by atoms with Crippen molar-refractivity contribution < 1.29 is 14.0 Å². The second-order valence-electron chi connectivity index (χ2n) is 6.03. The Labute approximate surface area is 157 Å². The third-order valence-corrected chi connectivity index (χ3v) is 5.62. The van der Waals surface area contributed by atoms with Gasteiger partial charge in [0.1, 0.15) is 24.9 Å². The highest BCUT2D eigenvalue weighted by Gasteiger charge is 2.27. The fraction of sp³-hybridized carbons (Fsp3) is 0.389. The highest BCUT2D eigenvalue weighted by Crippen LogP contribution is 2.16. The Morgan fingerprint density at radius 1 is 1.20 bits per heavy atom. The van der Waals surface area contributed by atoms with Crippen molar-refractivity contribution in [3.8, 4) is 0 Å². The van der Waals surface area contributed by atoms with Crippen LogP contribution < -0.4 is 15.5 Å². The third kappa shape index (κ3) is 5.47. The summed E-state index contributed by atoms with van der Waals surface area (Å²) < 4.78 is 18.4. The minimum absolute atomic E-state index is 0.225. The number of thiophene rings is 1. The zero-order chi connectivity index (χ0) is 17.5. The number of nitrogens with one attached hydrogen (secondary N) is 3. The first-order chi connectivity index (χ1) is 12.2. The lowest BCUT2D eigenvalue weighted by atomic mass is 10.2. The highest BCUT2D eigenvalue weighted by molar-refractivity contribution is 7.80. The molecule has 1 aliphatic heterocycles. The molecule has 134 valence electrons. The van der Waals surface area contributed by atoms with E-state index in [9.17, 15) is 4.39 Å². The van der Waals surface area contributed by atoms with Gasteiger partial charge < -0.3 is 20.3 Å². The van der Waals surface area contributed by atoms with Gasteiger partial charge in [-0.3, -0.25) is 0 Å². The van der Waals surface area contributed by atoms with Crippen LogP contribution in [0.4, 0.5) is 4.39 Å². The molecule has 1 fully saturated rings. The maximum absolute atomic E-state index is 12.9. The average molecular weight is 381 g/mol. The first-order valence-corrected chi connectivity index (χ1v) is 9.73. The van der Waals surface area contributed by atoms with Gasteiger partial charge in [-0.25, -0.2) is 4.39 Å². The van der Waals surface area contributed by atoms with Crippen LogP contribution in [0.3, 0.4) is 0 Å². The van der Waals surface area contributed by atoms with Crippen molar-refractivity contribution in [3.05, 3.63) is 58.0 Å². The number of thiocarbonyl (C=S) groups is 1. The summed E-state index contributed by atoms with van der Waals surface area (Å²) in [5, 5.41) is 9.27. The molecule has 0 unspecified atom stereocenters. The Balaban J connectivity index is 1.51. The molecule has 3 N–H and O–H groups in total. The summed E-state index contributed by atoms with van der Waals surface area (Å²) >= 11 is 7.19. The summed E-state index contributed by atoms with van der Waals surface area (Å²) in [6, 6.07) is 11.1. The van der Waals surface area contributed by atoms with Crippen molar-refractivity contribution >= 4 is 28.7 Å². The van der Waals surface area contributed by atoms with Crippen LogP contribution in [0.2, 0.25) is 0 Å². The van der Waals surface area contributed by atoms with Gasteiger partial charge in [0.05, 0.1) is 24.6 Å². The van der Waals surface area contributed by atoms with E-state index in [2.05, 4.69) is 28.1 Å². The SMILES string of the molecule is Fc1ccc(CNC(=S)NC[C@H](c2cccs2)[NH+]2CCOCC2)cc1. The van der Waals surface area contributed by atoms with Gasteiger partial charge in [0.25, 0.3) is 0 Å². The van der Waals surface area contributed by atoms with Gasteiger partial charge in [0.2, 0.25) is 0 Å². The molecule has 0 amide bonds. The average Bonchev–Trinajstić information content (AvgIpc) is 3.17. The van der Waals surface area contributed by atoms with Crippen molar-refractivity contribution in [1.82, 2.24) is 10.6 Å². The third-order valence-electron chi connectivity index (χ3n) is 4.35. The largest absolute Gasteiger partial charge is 0.370 e. The number of benzene rings is 1. The molecular formula is C18H23FN3OS2+. The number of ether oxygens (including phenoxy) is 1. The molecule has 0 saturated carbocycles. The van der Waals surface area contributed by atoms with Crippen LogP contribution >= 0.6 is 23.6 Å². The molecule has 25 heavy (non-hydrogen) atoms. The van der Waals surface area contributed by atoms with E-state index in [-0.39, 0.29) is 5.82 Å². The van der Waals surface area contributed by atoms with Gasteiger partial charge in [-0.05, 0) is 41.4 Å². The Bertz CT molecular complexity index is 657.